The highest BCUT2D eigenvalue weighted by molar-refractivity contribution is 7.89. The van der Waals surface area contributed by atoms with E-state index in [-0.39, 0.29) is 16.7 Å². The predicted molar refractivity (Wildman–Crippen MR) is 120 cm³/mol. The Kier molecular flexibility index (Phi) is 6.48. The van der Waals surface area contributed by atoms with E-state index in [2.05, 4.69) is 10.6 Å². The molecular formula is C23H27N3O5S. The largest absolute Gasteiger partial charge is 0.497 e. The van der Waals surface area contributed by atoms with Crippen molar-refractivity contribution in [3.63, 3.8) is 0 Å². The molecule has 0 aliphatic carbocycles. The van der Waals surface area contributed by atoms with Gasteiger partial charge < -0.3 is 15.4 Å². The summed E-state index contributed by atoms with van der Waals surface area (Å²) in [4.78, 5) is 24.8. The lowest BCUT2D eigenvalue weighted by Gasteiger charge is -2.24. The van der Waals surface area contributed by atoms with Gasteiger partial charge in [-0.1, -0.05) is 12.1 Å². The van der Waals surface area contributed by atoms with Gasteiger partial charge >= 0.3 is 0 Å². The van der Waals surface area contributed by atoms with Crippen LogP contribution in [0, 0.1) is 0 Å². The second-order valence-corrected chi connectivity index (χ2v) is 9.95. The number of carbonyl (C=O) groups is 2. The van der Waals surface area contributed by atoms with Crippen molar-refractivity contribution >= 4 is 27.5 Å². The topological polar surface area (TPSA) is 105 Å². The highest BCUT2D eigenvalue weighted by Gasteiger charge is 2.39. The molecule has 0 spiro atoms. The Morgan fingerprint density at radius 3 is 2.69 bits per heavy atom. The number of nitrogens with one attached hydrogen (secondary N) is 2. The molecule has 2 aliphatic heterocycles. The van der Waals surface area contributed by atoms with E-state index in [9.17, 15) is 18.0 Å². The first-order valence-electron chi connectivity index (χ1n) is 10.7. The van der Waals surface area contributed by atoms with Crippen LogP contribution in [0.4, 0.5) is 5.69 Å². The lowest BCUT2D eigenvalue weighted by atomic mass is 10.1. The number of carbonyl (C=O) groups excluding carboxylic acids is 2. The second-order valence-electron chi connectivity index (χ2n) is 8.06. The molecule has 8 nitrogen and oxygen atoms in total. The fraction of sp³-hybridized carbons (Fsp3) is 0.391. The number of ether oxygens (including phenoxy) is 1. The first-order valence-corrected chi connectivity index (χ1v) is 12.2. The van der Waals surface area contributed by atoms with Crippen molar-refractivity contribution in [2.75, 3.05) is 19.0 Å². The number of rotatable bonds is 6. The highest BCUT2D eigenvalue weighted by Crippen LogP contribution is 2.30. The van der Waals surface area contributed by atoms with Gasteiger partial charge in [0.1, 0.15) is 11.8 Å². The van der Waals surface area contributed by atoms with E-state index in [4.69, 9.17) is 4.74 Å². The van der Waals surface area contributed by atoms with Crippen molar-refractivity contribution in [3.8, 4) is 5.75 Å². The molecule has 1 saturated heterocycles. The van der Waals surface area contributed by atoms with Gasteiger partial charge in [0.25, 0.3) is 0 Å². The average molecular weight is 458 g/mol. The van der Waals surface area contributed by atoms with E-state index in [1.165, 1.54) is 10.4 Å². The van der Waals surface area contributed by atoms with Gasteiger partial charge in [-0.15, -0.1) is 0 Å². The van der Waals surface area contributed by atoms with Gasteiger partial charge in [0.05, 0.1) is 12.0 Å². The van der Waals surface area contributed by atoms with Crippen LogP contribution in [0.2, 0.25) is 0 Å². The third-order valence-electron chi connectivity index (χ3n) is 5.94. The fourth-order valence-corrected chi connectivity index (χ4v) is 5.89. The van der Waals surface area contributed by atoms with Crippen LogP contribution in [0.1, 0.15) is 36.8 Å². The van der Waals surface area contributed by atoms with Gasteiger partial charge in [-0.2, -0.15) is 4.31 Å². The first kappa shape index (κ1) is 22.3. The molecule has 170 valence electrons. The van der Waals surface area contributed by atoms with E-state index in [1.807, 2.05) is 24.3 Å². The van der Waals surface area contributed by atoms with Crippen molar-refractivity contribution < 1.29 is 22.7 Å². The lowest BCUT2D eigenvalue weighted by molar-refractivity contribution is -0.124. The number of benzene rings is 2. The molecule has 32 heavy (non-hydrogen) atoms. The van der Waals surface area contributed by atoms with Gasteiger partial charge in [-0.3, -0.25) is 9.59 Å². The van der Waals surface area contributed by atoms with Crippen molar-refractivity contribution in [1.29, 1.82) is 0 Å². The number of sulfonamides is 1. The third-order valence-corrected chi connectivity index (χ3v) is 7.84. The number of fused-ring (bicyclic) bond motifs is 1. The lowest BCUT2D eigenvalue weighted by Crippen LogP contribution is -2.45. The zero-order chi connectivity index (χ0) is 22.7. The molecule has 1 unspecified atom stereocenters. The van der Waals surface area contributed by atoms with Gasteiger partial charge in [0.15, 0.2) is 0 Å². The monoisotopic (exact) mass is 457 g/mol. The summed E-state index contributed by atoms with van der Waals surface area (Å²) in [7, 11) is -2.25. The normalized spacial score (nSPS) is 19.0. The Balaban J connectivity index is 1.48. The van der Waals surface area contributed by atoms with E-state index < -0.39 is 16.1 Å². The minimum atomic E-state index is -3.84. The minimum absolute atomic E-state index is 0.0625. The van der Waals surface area contributed by atoms with Crippen LogP contribution >= 0.6 is 0 Å². The summed E-state index contributed by atoms with van der Waals surface area (Å²) in [6.45, 7) is 0.614. The Hall–Kier alpha value is -2.91. The zero-order valence-corrected chi connectivity index (χ0v) is 18.8. The Bertz CT molecular complexity index is 1110. The standard InChI is InChI=1S/C23H27N3O5S/c1-31-18-9-7-16(8-10-18)15-24-23(28)21-5-3-13-26(21)32(29,30)19-11-12-20-17(14-19)4-2-6-22(27)25-20/h7-12,14,21H,2-6,13,15H2,1H3,(H,24,28)(H,25,27). The molecule has 2 aliphatic rings. The van der Waals surface area contributed by atoms with Gasteiger partial charge in [-0.05, 0) is 67.1 Å². The molecule has 1 fully saturated rings. The molecular weight excluding hydrogens is 430 g/mol. The molecule has 0 saturated carbocycles. The summed E-state index contributed by atoms with van der Waals surface area (Å²) in [6.07, 6.45) is 2.82. The number of aryl methyl sites for hydroxylation is 1. The summed E-state index contributed by atoms with van der Waals surface area (Å²) < 4.78 is 33.2. The van der Waals surface area contributed by atoms with E-state index in [0.29, 0.717) is 50.9 Å². The fourth-order valence-electron chi connectivity index (χ4n) is 4.19. The molecule has 2 aromatic carbocycles. The van der Waals surface area contributed by atoms with Crippen LogP contribution in [0.25, 0.3) is 0 Å². The van der Waals surface area contributed by atoms with Gasteiger partial charge in [0, 0.05) is 25.2 Å². The van der Waals surface area contributed by atoms with Crippen molar-refractivity contribution in [2.24, 2.45) is 0 Å². The van der Waals surface area contributed by atoms with Crippen LogP contribution in [-0.4, -0.2) is 44.2 Å². The summed E-state index contributed by atoms with van der Waals surface area (Å²) >= 11 is 0. The smallest absolute Gasteiger partial charge is 0.243 e. The number of amides is 2. The number of nitrogens with zero attached hydrogens (tertiary/aromatic N) is 1. The maximum atomic E-state index is 13.4. The van der Waals surface area contributed by atoms with Crippen LogP contribution in [0.15, 0.2) is 47.4 Å². The number of methoxy groups -OCH3 is 1. The minimum Gasteiger partial charge on any atom is -0.497 e. The van der Waals surface area contributed by atoms with E-state index in [1.54, 1.807) is 19.2 Å². The molecule has 2 amide bonds. The van der Waals surface area contributed by atoms with Gasteiger partial charge in [-0.25, -0.2) is 8.42 Å². The molecule has 2 N–H and O–H groups in total. The first-order chi connectivity index (χ1) is 15.4. The molecule has 9 heteroatoms. The summed E-state index contributed by atoms with van der Waals surface area (Å²) in [6, 6.07) is 11.4. The van der Waals surface area contributed by atoms with Crippen molar-refractivity contribution in [2.45, 2.75) is 49.6 Å². The van der Waals surface area contributed by atoms with Crippen LogP contribution in [0.5, 0.6) is 5.75 Å². The Morgan fingerprint density at radius 2 is 1.94 bits per heavy atom. The van der Waals surface area contributed by atoms with Gasteiger partial charge in [0.2, 0.25) is 21.8 Å². The highest BCUT2D eigenvalue weighted by atomic mass is 32.2. The van der Waals surface area contributed by atoms with E-state index >= 15 is 0 Å². The third kappa shape index (κ3) is 4.63. The van der Waals surface area contributed by atoms with Crippen molar-refractivity contribution in [1.82, 2.24) is 9.62 Å². The van der Waals surface area contributed by atoms with E-state index in [0.717, 1.165) is 16.9 Å². The molecule has 1 atom stereocenters. The number of anilines is 1. The Labute approximate surface area is 188 Å². The molecule has 4 rings (SSSR count). The SMILES string of the molecule is COc1ccc(CNC(=O)C2CCCN2S(=O)(=O)c2ccc3c(c2)CCCC(=O)N3)cc1. The predicted octanol–water partition coefficient (Wildman–Crippen LogP) is 2.44. The van der Waals surface area contributed by atoms with Crippen LogP contribution in [-0.2, 0) is 32.6 Å². The number of hydrogen-bond acceptors (Lipinski definition) is 5. The zero-order valence-electron chi connectivity index (χ0n) is 18.0. The molecule has 0 radical (unpaired) electrons. The second kappa shape index (κ2) is 9.30. The van der Waals surface area contributed by atoms with Crippen LogP contribution < -0.4 is 15.4 Å². The summed E-state index contributed by atoms with van der Waals surface area (Å²) in [5.74, 6) is 0.366. The maximum absolute atomic E-state index is 13.4. The molecule has 2 aromatic rings. The maximum Gasteiger partial charge on any atom is 0.243 e. The molecule has 0 aromatic heterocycles. The Morgan fingerprint density at radius 1 is 1.16 bits per heavy atom. The molecule has 0 bridgehead atoms. The average Bonchev–Trinajstić information content (AvgIpc) is 3.22. The van der Waals surface area contributed by atoms with Crippen LogP contribution in [0.3, 0.4) is 0 Å². The quantitative estimate of drug-likeness (QED) is 0.693. The summed E-state index contributed by atoms with van der Waals surface area (Å²) in [5, 5.41) is 5.68. The number of hydrogen-bond donors (Lipinski definition) is 2. The molecule has 2 heterocycles. The summed E-state index contributed by atoms with van der Waals surface area (Å²) in [5.41, 5.74) is 2.36. The van der Waals surface area contributed by atoms with Crippen molar-refractivity contribution in [3.05, 3.63) is 53.6 Å².